The van der Waals surface area contributed by atoms with E-state index in [1.165, 1.54) is 0 Å². The number of nitrogens with zero attached hydrogens (tertiary/aromatic N) is 2. The molecule has 1 aliphatic rings. The first-order valence-corrected chi connectivity index (χ1v) is 7.05. The Bertz CT molecular complexity index is 739. The van der Waals surface area contributed by atoms with E-state index in [1.54, 1.807) is 0 Å². The third-order valence-electron chi connectivity index (χ3n) is 3.11. The predicted octanol–water partition coefficient (Wildman–Crippen LogP) is 1.66. The zero-order valence-corrected chi connectivity index (χ0v) is 12.4. The largest absolute Gasteiger partial charge is 0.454 e. The Morgan fingerprint density at radius 3 is 2.61 bits per heavy atom. The SMILES string of the molecule is NC(N)=NC(=NCc1ccc2c(c1)OCO2)Nc1ccccc1. The lowest BCUT2D eigenvalue weighted by molar-refractivity contribution is 0.174. The topological polar surface area (TPSA) is 107 Å². The van der Waals surface area contributed by atoms with Crippen molar-refractivity contribution < 1.29 is 9.47 Å². The molecule has 3 rings (SSSR count). The average molecular weight is 311 g/mol. The summed E-state index contributed by atoms with van der Waals surface area (Å²) in [6, 6.07) is 15.2. The summed E-state index contributed by atoms with van der Waals surface area (Å²) >= 11 is 0. The molecule has 0 spiro atoms. The lowest BCUT2D eigenvalue weighted by Gasteiger charge is -2.06. The van der Waals surface area contributed by atoms with E-state index in [1.807, 2.05) is 48.5 Å². The van der Waals surface area contributed by atoms with Crippen LogP contribution < -0.4 is 26.3 Å². The summed E-state index contributed by atoms with van der Waals surface area (Å²) < 4.78 is 10.6. The molecule has 23 heavy (non-hydrogen) atoms. The number of ether oxygens (including phenoxy) is 2. The highest BCUT2D eigenvalue weighted by molar-refractivity contribution is 6.01. The van der Waals surface area contributed by atoms with Crippen LogP contribution >= 0.6 is 0 Å². The minimum Gasteiger partial charge on any atom is -0.454 e. The second-order valence-corrected chi connectivity index (χ2v) is 4.86. The molecule has 2 aromatic rings. The minimum atomic E-state index is -0.0575. The molecule has 7 nitrogen and oxygen atoms in total. The fraction of sp³-hybridized carbons (Fsp3) is 0.125. The molecule has 0 saturated heterocycles. The van der Waals surface area contributed by atoms with Crippen LogP contribution in [-0.2, 0) is 6.54 Å². The molecule has 0 unspecified atom stereocenters. The van der Waals surface area contributed by atoms with E-state index >= 15 is 0 Å². The average Bonchev–Trinajstić information content (AvgIpc) is 3.01. The van der Waals surface area contributed by atoms with Crippen molar-refractivity contribution in [3.8, 4) is 11.5 Å². The third kappa shape index (κ3) is 3.91. The number of anilines is 1. The molecule has 2 aromatic carbocycles. The summed E-state index contributed by atoms with van der Waals surface area (Å²) in [6.07, 6.45) is 0. The zero-order valence-electron chi connectivity index (χ0n) is 12.4. The van der Waals surface area contributed by atoms with Crippen LogP contribution in [0, 0.1) is 0 Å². The van der Waals surface area contributed by atoms with E-state index < -0.39 is 0 Å². The molecule has 5 N–H and O–H groups in total. The van der Waals surface area contributed by atoms with E-state index in [2.05, 4.69) is 15.3 Å². The standard InChI is InChI=1S/C16H17N5O2/c17-15(18)21-16(20-12-4-2-1-3-5-12)19-9-11-6-7-13-14(8-11)23-10-22-13/h1-8H,9-10H2,(H5,17,18,19,20,21). The van der Waals surface area contributed by atoms with Gasteiger partial charge in [0.1, 0.15) is 0 Å². The van der Waals surface area contributed by atoms with E-state index in [9.17, 15) is 0 Å². The Hall–Kier alpha value is -3.22. The number of para-hydroxylation sites is 1. The molecule has 0 aliphatic carbocycles. The molecule has 0 amide bonds. The van der Waals surface area contributed by atoms with Crippen molar-refractivity contribution in [1.82, 2.24) is 0 Å². The Balaban J connectivity index is 1.76. The number of guanidine groups is 2. The van der Waals surface area contributed by atoms with Crippen LogP contribution in [0.4, 0.5) is 5.69 Å². The van der Waals surface area contributed by atoms with Crippen molar-refractivity contribution in [3.05, 3.63) is 54.1 Å². The fourth-order valence-electron chi connectivity index (χ4n) is 2.08. The van der Waals surface area contributed by atoms with Crippen molar-refractivity contribution >= 4 is 17.6 Å². The van der Waals surface area contributed by atoms with Crippen molar-refractivity contribution in [2.75, 3.05) is 12.1 Å². The first-order chi connectivity index (χ1) is 11.2. The minimum absolute atomic E-state index is 0.0575. The van der Waals surface area contributed by atoms with Gasteiger partial charge in [-0.3, -0.25) is 0 Å². The Labute approximate surface area is 133 Å². The van der Waals surface area contributed by atoms with Crippen LogP contribution in [0.1, 0.15) is 5.56 Å². The number of rotatable bonds is 3. The van der Waals surface area contributed by atoms with Gasteiger partial charge in [-0.1, -0.05) is 24.3 Å². The van der Waals surface area contributed by atoms with Gasteiger partial charge in [-0.05, 0) is 29.8 Å². The number of aliphatic imine (C=N–C) groups is 2. The van der Waals surface area contributed by atoms with Gasteiger partial charge in [0.25, 0.3) is 0 Å². The molecule has 1 aliphatic heterocycles. The van der Waals surface area contributed by atoms with Crippen LogP contribution in [-0.4, -0.2) is 18.7 Å². The van der Waals surface area contributed by atoms with Gasteiger partial charge in [0.05, 0.1) is 6.54 Å². The molecule has 0 atom stereocenters. The number of hydrogen-bond donors (Lipinski definition) is 3. The van der Waals surface area contributed by atoms with Crippen LogP contribution in [0.5, 0.6) is 11.5 Å². The van der Waals surface area contributed by atoms with Crippen molar-refractivity contribution in [3.63, 3.8) is 0 Å². The highest BCUT2D eigenvalue weighted by Crippen LogP contribution is 2.32. The van der Waals surface area contributed by atoms with E-state index in [-0.39, 0.29) is 12.8 Å². The summed E-state index contributed by atoms with van der Waals surface area (Å²) in [4.78, 5) is 8.43. The maximum Gasteiger partial charge on any atom is 0.231 e. The molecule has 0 saturated carbocycles. The molecule has 118 valence electrons. The highest BCUT2D eigenvalue weighted by atomic mass is 16.7. The number of benzene rings is 2. The molecule has 0 fully saturated rings. The van der Waals surface area contributed by atoms with Crippen molar-refractivity contribution in [1.29, 1.82) is 0 Å². The molecule has 0 radical (unpaired) electrons. The summed E-state index contributed by atoms with van der Waals surface area (Å²) in [5.74, 6) is 1.74. The fourth-order valence-corrected chi connectivity index (χ4v) is 2.08. The van der Waals surface area contributed by atoms with Gasteiger partial charge in [-0.15, -0.1) is 0 Å². The van der Waals surface area contributed by atoms with Crippen molar-refractivity contribution in [2.24, 2.45) is 21.5 Å². The summed E-state index contributed by atoms with van der Waals surface area (Å²) in [7, 11) is 0. The van der Waals surface area contributed by atoms with E-state index in [4.69, 9.17) is 20.9 Å². The summed E-state index contributed by atoms with van der Waals surface area (Å²) in [6.45, 7) is 0.652. The maximum absolute atomic E-state index is 5.46. The number of nitrogens with one attached hydrogen (secondary N) is 1. The first kappa shape index (κ1) is 14.7. The van der Waals surface area contributed by atoms with Gasteiger partial charge in [-0.2, -0.15) is 4.99 Å². The van der Waals surface area contributed by atoms with Gasteiger partial charge >= 0.3 is 0 Å². The predicted molar refractivity (Wildman–Crippen MR) is 89.6 cm³/mol. The lowest BCUT2D eigenvalue weighted by atomic mass is 10.2. The van der Waals surface area contributed by atoms with Crippen LogP contribution in [0.15, 0.2) is 58.5 Å². The van der Waals surface area contributed by atoms with Gasteiger partial charge in [0.2, 0.25) is 12.8 Å². The third-order valence-corrected chi connectivity index (χ3v) is 3.11. The van der Waals surface area contributed by atoms with Gasteiger partial charge < -0.3 is 26.3 Å². The highest BCUT2D eigenvalue weighted by Gasteiger charge is 2.12. The van der Waals surface area contributed by atoms with E-state index in [0.29, 0.717) is 12.5 Å². The Morgan fingerprint density at radius 1 is 1.04 bits per heavy atom. The Morgan fingerprint density at radius 2 is 1.83 bits per heavy atom. The van der Waals surface area contributed by atoms with Gasteiger partial charge in [0, 0.05) is 5.69 Å². The van der Waals surface area contributed by atoms with Gasteiger partial charge in [0.15, 0.2) is 17.5 Å². The lowest BCUT2D eigenvalue weighted by Crippen LogP contribution is -2.26. The first-order valence-electron chi connectivity index (χ1n) is 7.05. The monoisotopic (exact) mass is 311 g/mol. The molecular weight excluding hydrogens is 294 g/mol. The van der Waals surface area contributed by atoms with E-state index in [0.717, 1.165) is 22.7 Å². The number of fused-ring (bicyclic) bond motifs is 1. The molecule has 1 heterocycles. The normalized spacial score (nSPS) is 12.8. The molecule has 7 heteroatoms. The second kappa shape index (κ2) is 6.69. The van der Waals surface area contributed by atoms with Crippen molar-refractivity contribution in [2.45, 2.75) is 6.54 Å². The maximum atomic E-state index is 5.46. The molecule has 0 aromatic heterocycles. The quantitative estimate of drug-likeness (QED) is 0.590. The summed E-state index contributed by atoms with van der Waals surface area (Å²) in [5.41, 5.74) is 12.7. The zero-order chi connectivity index (χ0) is 16.1. The van der Waals surface area contributed by atoms with Crippen LogP contribution in [0.3, 0.4) is 0 Å². The Kier molecular flexibility index (Phi) is 4.28. The van der Waals surface area contributed by atoms with Crippen LogP contribution in [0.25, 0.3) is 0 Å². The smallest absolute Gasteiger partial charge is 0.231 e. The summed E-state index contributed by atoms with van der Waals surface area (Å²) in [5, 5.41) is 3.08. The number of nitrogens with two attached hydrogens (primary N) is 2. The number of hydrogen-bond acceptors (Lipinski definition) is 3. The van der Waals surface area contributed by atoms with Crippen LogP contribution in [0.2, 0.25) is 0 Å². The van der Waals surface area contributed by atoms with Gasteiger partial charge in [-0.25, -0.2) is 4.99 Å². The second-order valence-electron chi connectivity index (χ2n) is 4.86. The molecule has 0 bridgehead atoms. The molecular formula is C16H17N5O2.